The molecule has 0 heterocycles. The standard InChI is InChI=1S/C5H10N2/c1-2-7-5-3-4-6/h7H,2-3,5H2,1H3/i3D2. The van der Waals surface area contributed by atoms with Gasteiger partial charge in [0.15, 0.2) is 0 Å². The third kappa shape index (κ3) is 5.45. The molecule has 0 fully saturated rings. The third-order valence-electron chi connectivity index (χ3n) is 0.542. The summed E-state index contributed by atoms with van der Waals surface area (Å²) in [6.07, 6.45) is -1.71. The van der Waals surface area contributed by atoms with Crippen molar-refractivity contribution in [2.75, 3.05) is 13.1 Å². The fraction of sp³-hybridized carbons (Fsp3) is 0.800. The van der Waals surface area contributed by atoms with E-state index in [9.17, 15) is 0 Å². The van der Waals surface area contributed by atoms with Gasteiger partial charge in [0.1, 0.15) is 0 Å². The molecule has 0 aromatic rings. The van der Waals surface area contributed by atoms with Gasteiger partial charge < -0.3 is 5.32 Å². The first-order valence-corrected chi connectivity index (χ1v) is 2.24. The number of nitriles is 1. The molecule has 0 saturated carbocycles. The van der Waals surface area contributed by atoms with Crippen LogP contribution in [0.4, 0.5) is 0 Å². The molecule has 0 amide bonds. The van der Waals surface area contributed by atoms with Crippen LogP contribution in [0.2, 0.25) is 0 Å². The molecule has 7 heavy (non-hydrogen) atoms. The van der Waals surface area contributed by atoms with Crippen molar-refractivity contribution in [3.63, 3.8) is 0 Å². The molecule has 0 bridgehead atoms. The van der Waals surface area contributed by atoms with Crippen LogP contribution >= 0.6 is 0 Å². The summed E-state index contributed by atoms with van der Waals surface area (Å²) >= 11 is 0. The zero-order valence-electron chi connectivity index (χ0n) is 6.36. The summed E-state index contributed by atoms with van der Waals surface area (Å²) in [4.78, 5) is 0. The van der Waals surface area contributed by atoms with Crippen molar-refractivity contribution >= 4 is 0 Å². The van der Waals surface area contributed by atoms with Gasteiger partial charge in [0, 0.05) is 15.7 Å². The Kier molecular flexibility index (Phi) is 2.69. The van der Waals surface area contributed by atoms with E-state index in [1.807, 2.05) is 6.92 Å². The Balaban J connectivity index is 3.49. The minimum Gasteiger partial charge on any atom is -0.316 e. The molecule has 0 atom stereocenters. The molecular formula is C5H10N2. The van der Waals surface area contributed by atoms with Gasteiger partial charge >= 0.3 is 0 Å². The fourth-order valence-electron chi connectivity index (χ4n) is 0.227. The second-order valence-electron chi connectivity index (χ2n) is 1.07. The highest BCUT2D eigenvalue weighted by Crippen LogP contribution is 1.66. The Morgan fingerprint density at radius 2 is 2.71 bits per heavy atom. The van der Waals surface area contributed by atoms with Crippen LogP contribution < -0.4 is 5.32 Å². The monoisotopic (exact) mass is 100 g/mol. The highest BCUT2D eigenvalue weighted by atomic mass is 14.8. The van der Waals surface area contributed by atoms with Crippen LogP contribution in [0.3, 0.4) is 0 Å². The fourth-order valence-corrected chi connectivity index (χ4v) is 0.227. The first-order valence-electron chi connectivity index (χ1n) is 3.24. The zero-order chi connectivity index (χ0) is 7.33. The summed E-state index contributed by atoms with van der Waals surface area (Å²) in [5.41, 5.74) is 0. The van der Waals surface area contributed by atoms with Crippen molar-refractivity contribution in [1.29, 1.82) is 5.26 Å². The van der Waals surface area contributed by atoms with Crippen molar-refractivity contribution < 1.29 is 2.74 Å². The molecule has 2 heteroatoms. The van der Waals surface area contributed by atoms with Gasteiger partial charge in [0.25, 0.3) is 0 Å². The van der Waals surface area contributed by atoms with Crippen LogP contribution in [-0.4, -0.2) is 13.1 Å². The van der Waals surface area contributed by atoms with Gasteiger partial charge in [-0.3, -0.25) is 0 Å². The third-order valence-corrected chi connectivity index (χ3v) is 0.542. The maximum atomic E-state index is 8.16. The van der Waals surface area contributed by atoms with E-state index in [0.717, 1.165) is 0 Å². The van der Waals surface area contributed by atoms with Gasteiger partial charge in [-0.2, -0.15) is 5.26 Å². The molecule has 0 aliphatic heterocycles. The number of nitrogens with zero attached hydrogens (tertiary/aromatic N) is 1. The van der Waals surface area contributed by atoms with Crippen LogP contribution in [0.15, 0.2) is 0 Å². The minimum absolute atomic E-state index is 0.111. The van der Waals surface area contributed by atoms with E-state index in [4.69, 9.17) is 8.00 Å². The Morgan fingerprint density at radius 3 is 3.14 bits per heavy atom. The van der Waals surface area contributed by atoms with Crippen molar-refractivity contribution in [1.82, 2.24) is 5.32 Å². The van der Waals surface area contributed by atoms with E-state index in [0.29, 0.717) is 6.54 Å². The normalized spacial score (nSPS) is 14.3. The van der Waals surface area contributed by atoms with Gasteiger partial charge in [-0.15, -0.1) is 0 Å². The molecule has 0 rings (SSSR count). The molecule has 40 valence electrons. The predicted molar refractivity (Wildman–Crippen MR) is 28.8 cm³/mol. The summed E-state index contributed by atoms with van der Waals surface area (Å²) in [5, 5.41) is 10.9. The molecule has 0 unspecified atom stereocenters. The molecule has 0 aliphatic rings. The molecule has 0 aromatic heterocycles. The van der Waals surface area contributed by atoms with Gasteiger partial charge in [-0.1, -0.05) is 6.92 Å². The van der Waals surface area contributed by atoms with Crippen LogP contribution in [0, 0.1) is 11.3 Å². The summed E-state index contributed by atoms with van der Waals surface area (Å²) < 4.78 is 13.8. The summed E-state index contributed by atoms with van der Waals surface area (Å²) in [6.45, 7) is 2.68. The van der Waals surface area contributed by atoms with Crippen molar-refractivity contribution in [3.05, 3.63) is 0 Å². The lowest BCUT2D eigenvalue weighted by Crippen LogP contribution is -2.12. The first kappa shape index (κ1) is 3.45. The topological polar surface area (TPSA) is 35.8 Å². The van der Waals surface area contributed by atoms with E-state index < -0.39 is 6.37 Å². The van der Waals surface area contributed by atoms with E-state index in [1.165, 1.54) is 0 Å². The lowest BCUT2D eigenvalue weighted by atomic mass is 10.5. The van der Waals surface area contributed by atoms with Crippen molar-refractivity contribution in [2.24, 2.45) is 0 Å². The second kappa shape index (κ2) is 5.45. The molecule has 2 nitrogen and oxygen atoms in total. The largest absolute Gasteiger partial charge is 0.316 e. The molecule has 1 N–H and O–H groups in total. The van der Waals surface area contributed by atoms with Crippen LogP contribution in [0.25, 0.3) is 0 Å². The van der Waals surface area contributed by atoms with Crippen LogP contribution in [-0.2, 0) is 0 Å². The van der Waals surface area contributed by atoms with Gasteiger partial charge in [0.2, 0.25) is 0 Å². The number of rotatable bonds is 3. The molecular weight excluding hydrogens is 88.1 g/mol. The summed E-state index contributed by atoms with van der Waals surface area (Å²) in [5.74, 6) is 0. The molecule has 0 aliphatic carbocycles. The van der Waals surface area contributed by atoms with E-state index in [-0.39, 0.29) is 6.54 Å². The minimum atomic E-state index is -1.71. The van der Waals surface area contributed by atoms with Gasteiger partial charge in [-0.05, 0) is 6.54 Å². The van der Waals surface area contributed by atoms with Gasteiger partial charge in [-0.25, -0.2) is 0 Å². The predicted octanol–water partition coefficient (Wildman–Crippen LogP) is 0.510. The molecule has 0 aromatic carbocycles. The smallest absolute Gasteiger partial charge is 0.0635 e. The number of nitrogens with one attached hydrogen (secondary N) is 1. The Morgan fingerprint density at radius 1 is 2.00 bits per heavy atom. The summed E-state index contributed by atoms with van der Waals surface area (Å²) in [7, 11) is 0. The highest BCUT2D eigenvalue weighted by Gasteiger charge is 1.76. The van der Waals surface area contributed by atoms with E-state index >= 15 is 0 Å². The highest BCUT2D eigenvalue weighted by molar-refractivity contribution is 4.69. The second-order valence-corrected chi connectivity index (χ2v) is 1.07. The number of hydrogen-bond acceptors (Lipinski definition) is 2. The Labute approximate surface area is 47.0 Å². The quantitative estimate of drug-likeness (QED) is 0.561. The zero-order valence-corrected chi connectivity index (χ0v) is 4.36. The average molecular weight is 100 g/mol. The van der Waals surface area contributed by atoms with Crippen molar-refractivity contribution in [2.45, 2.75) is 13.3 Å². The lowest BCUT2D eigenvalue weighted by molar-refractivity contribution is 0.730. The first-order chi connectivity index (χ1) is 4.12. The molecule has 0 spiro atoms. The maximum Gasteiger partial charge on any atom is 0.0635 e. The van der Waals surface area contributed by atoms with Crippen LogP contribution in [0.1, 0.15) is 16.0 Å². The Hall–Kier alpha value is -0.550. The van der Waals surface area contributed by atoms with E-state index in [1.54, 1.807) is 6.07 Å². The average Bonchev–Trinajstić information content (AvgIpc) is 1.84. The van der Waals surface area contributed by atoms with E-state index in [2.05, 4.69) is 5.32 Å². The molecule has 0 saturated heterocycles. The summed E-state index contributed by atoms with van der Waals surface area (Å²) in [6, 6.07) is 1.55. The Bertz CT molecular complexity index is 117. The molecule has 0 radical (unpaired) electrons. The van der Waals surface area contributed by atoms with Crippen molar-refractivity contribution in [3.8, 4) is 6.07 Å². The lowest BCUT2D eigenvalue weighted by Gasteiger charge is -1.90. The maximum absolute atomic E-state index is 8.16. The SMILES string of the molecule is [2H]C([2H])(C#N)CNCC. The number of hydrogen-bond donors (Lipinski definition) is 1. The van der Waals surface area contributed by atoms with Gasteiger partial charge in [0.05, 0.1) is 6.07 Å². The van der Waals surface area contributed by atoms with Crippen LogP contribution in [0.5, 0.6) is 0 Å².